The maximum atomic E-state index is 14.5. The van der Waals surface area contributed by atoms with Crippen molar-refractivity contribution in [2.75, 3.05) is 18.0 Å². The molecule has 8 heteroatoms. The van der Waals surface area contributed by atoms with Gasteiger partial charge in [0.05, 0.1) is 11.2 Å². The summed E-state index contributed by atoms with van der Waals surface area (Å²) in [6.07, 6.45) is 0.924. The first kappa shape index (κ1) is 17.5. The van der Waals surface area contributed by atoms with E-state index in [0.29, 0.717) is 5.46 Å². The molecule has 2 aliphatic rings. The van der Waals surface area contributed by atoms with Crippen LogP contribution in [0.4, 0.5) is 19.0 Å². The summed E-state index contributed by atoms with van der Waals surface area (Å²) in [7, 11) is -0.697. The molecule has 4 nitrogen and oxygen atoms in total. The molecule has 1 aromatic heterocycles. The van der Waals surface area contributed by atoms with Gasteiger partial charge in [0.2, 0.25) is 0 Å². The zero-order valence-corrected chi connectivity index (χ0v) is 14.4. The Labute approximate surface area is 140 Å². The number of aromatic nitrogens is 1. The van der Waals surface area contributed by atoms with Crippen molar-refractivity contribution in [1.82, 2.24) is 4.98 Å². The second kappa shape index (κ2) is 5.63. The number of halogens is 3. The van der Waals surface area contributed by atoms with Crippen LogP contribution < -0.4 is 10.4 Å². The molecule has 2 fully saturated rings. The lowest BCUT2D eigenvalue weighted by molar-refractivity contribution is -0.0222. The van der Waals surface area contributed by atoms with E-state index >= 15 is 0 Å². The SMILES string of the molecule is CC1(C)OB(c2cnc(N3CCC(F)(F)CC3)c(F)c2)OC1(C)C. The summed E-state index contributed by atoms with van der Waals surface area (Å²) in [5, 5.41) is 0. The van der Waals surface area contributed by atoms with Crippen LogP contribution in [0, 0.1) is 5.82 Å². The maximum Gasteiger partial charge on any atom is 0.496 e. The summed E-state index contributed by atoms with van der Waals surface area (Å²) >= 11 is 0. The van der Waals surface area contributed by atoms with E-state index in [9.17, 15) is 13.2 Å². The largest absolute Gasteiger partial charge is 0.496 e. The third-order valence-electron chi connectivity index (χ3n) is 5.16. The van der Waals surface area contributed by atoms with Gasteiger partial charge in [0, 0.05) is 37.6 Å². The lowest BCUT2D eigenvalue weighted by atomic mass is 9.80. The molecule has 0 unspecified atom stereocenters. The zero-order chi connectivity index (χ0) is 17.8. The molecule has 0 bridgehead atoms. The number of alkyl halides is 2. The van der Waals surface area contributed by atoms with Crippen LogP contribution >= 0.6 is 0 Å². The normalized spacial score (nSPS) is 25.1. The molecule has 0 saturated carbocycles. The first-order chi connectivity index (χ1) is 11.0. The van der Waals surface area contributed by atoms with E-state index < -0.39 is 30.1 Å². The molecule has 0 radical (unpaired) electrons. The lowest BCUT2D eigenvalue weighted by Crippen LogP contribution is -2.41. The van der Waals surface area contributed by atoms with Crippen molar-refractivity contribution in [3.8, 4) is 0 Å². The van der Waals surface area contributed by atoms with Crippen molar-refractivity contribution in [3.63, 3.8) is 0 Å². The number of hydrogen-bond acceptors (Lipinski definition) is 4. The third kappa shape index (κ3) is 3.13. The van der Waals surface area contributed by atoms with Gasteiger partial charge < -0.3 is 14.2 Å². The van der Waals surface area contributed by atoms with Crippen molar-refractivity contribution < 1.29 is 22.5 Å². The van der Waals surface area contributed by atoms with Gasteiger partial charge in [-0.15, -0.1) is 0 Å². The highest BCUT2D eigenvalue weighted by Crippen LogP contribution is 2.36. The van der Waals surface area contributed by atoms with Gasteiger partial charge in [-0.3, -0.25) is 0 Å². The molecule has 0 spiro atoms. The lowest BCUT2D eigenvalue weighted by Gasteiger charge is -2.32. The highest BCUT2D eigenvalue weighted by atomic mass is 19.3. The van der Waals surface area contributed by atoms with E-state index in [0.717, 1.165) is 0 Å². The van der Waals surface area contributed by atoms with Crippen molar-refractivity contribution in [2.24, 2.45) is 0 Å². The van der Waals surface area contributed by atoms with E-state index in [-0.39, 0.29) is 31.7 Å². The van der Waals surface area contributed by atoms with Gasteiger partial charge in [-0.05, 0) is 33.8 Å². The number of anilines is 1. The number of piperidine rings is 1. The maximum absolute atomic E-state index is 14.5. The monoisotopic (exact) mass is 342 g/mol. The minimum Gasteiger partial charge on any atom is -0.399 e. The highest BCUT2D eigenvalue weighted by Gasteiger charge is 2.52. The predicted octanol–water partition coefficient (Wildman–Crippen LogP) is 2.76. The van der Waals surface area contributed by atoms with Crippen LogP contribution in [0.5, 0.6) is 0 Å². The minimum absolute atomic E-state index is 0.0900. The standard InChI is InChI=1S/C16H22BF3N2O2/c1-14(2)15(3,4)24-17(23-14)11-9-12(18)13(21-10-11)22-7-5-16(19,20)6-8-22/h9-10H,5-8H2,1-4H3. The van der Waals surface area contributed by atoms with Crippen LogP contribution in [0.1, 0.15) is 40.5 Å². The number of rotatable bonds is 2. The zero-order valence-electron chi connectivity index (χ0n) is 14.4. The van der Waals surface area contributed by atoms with Crippen molar-refractivity contribution >= 4 is 18.4 Å². The van der Waals surface area contributed by atoms with Gasteiger partial charge >= 0.3 is 7.12 Å². The number of nitrogens with zero attached hydrogens (tertiary/aromatic N) is 2. The summed E-state index contributed by atoms with van der Waals surface area (Å²) in [6, 6.07) is 1.32. The second-order valence-corrected chi connectivity index (χ2v) is 7.51. The van der Waals surface area contributed by atoms with Gasteiger partial charge in [0.1, 0.15) is 0 Å². The molecule has 2 aliphatic heterocycles. The molecule has 2 saturated heterocycles. The van der Waals surface area contributed by atoms with Gasteiger partial charge in [0.25, 0.3) is 5.92 Å². The van der Waals surface area contributed by atoms with Crippen molar-refractivity contribution in [3.05, 3.63) is 18.1 Å². The summed E-state index contributed by atoms with van der Waals surface area (Å²) in [6.45, 7) is 7.84. The van der Waals surface area contributed by atoms with Gasteiger partial charge in [-0.25, -0.2) is 18.2 Å². The minimum atomic E-state index is -2.67. The molecule has 0 amide bonds. The fourth-order valence-electron chi connectivity index (χ4n) is 2.83. The Balaban J connectivity index is 1.77. The van der Waals surface area contributed by atoms with Crippen molar-refractivity contribution in [1.29, 1.82) is 0 Å². The summed E-state index contributed by atoms with van der Waals surface area (Å²) in [5.74, 6) is -3.12. The topological polar surface area (TPSA) is 34.6 Å². The van der Waals surface area contributed by atoms with Crippen LogP contribution in [-0.2, 0) is 9.31 Å². The van der Waals surface area contributed by atoms with E-state index in [1.165, 1.54) is 12.3 Å². The Hall–Kier alpha value is -1.28. The second-order valence-electron chi connectivity index (χ2n) is 7.51. The summed E-state index contributed by atoms with van der Waals surface area (Å²) in [4.78, 5) is 5.69. The molecule has 0 aromatic carbocycles. The Morgan fingerprint density at radius 2 is 1.62 bits per heavy atom. The van der Waals surface area contributed by atoms with Crippen LogP contribution in [0.2, 0.25) is 0 Å². The molecular formula is C16H22BF3N2O2. The Morgan fingerprint density at radius 3 is 2.12 bits per heavy atom. The molecule has 24 heavy (non-hydrogen) atoms. The Kier molecular flexibility index (Phi) is 4.11. The van der Waals surface area contributed by atoms with E-state index in [2.05, 4.69) is 4.98 Å². The Morgan fingerprint density at radius 1 is 1.08 bits per heavy atom. The molecule has 3 rings (SSSR count). The first-order valence-electron chi connectivity index (χ1n) is 8.15. The summed E-state index contributed by atoms with van der Waals surface area (Å²) < 4.78 is 52.7. The average molecular weight is 342 g/mol. The molecular weight excluding hydrogens is 320 g/mol. The highest BCUT2D eigenvalue weighted by molar-refractivity contribution is 6.62. The van der Waals surface area contributed by atoms with E-state index in [4.69, 9.17) is 9.31 Å². The van der Waals surface area contributed by atoms with E-state index in [1.807, 2.05) is 27.7 Å². The van der Waals surface area contributed by atoms with Gasteiger partial charge in [-0.1, -0.05) is 0 Å². The van der Waals surface area contributed by atoms with Crippen LogP contribution in [-0.4, -0.2) is 42.3 Å². The molecule has 0 N–H and O–H groups in total. The van der Waals surface area contributed by atoms with Crippen LogP contribution in [0.25, 0.3) is 0 Å². The smallest absolute Gasteiger partial charge is 0.399 e. The summed E-state index contributed by atoms with van der Waals surface area (Å²) in [5.41, 5.74) is -0.562. The third-order valence-corrected chi connectivity index (χ3v) is 5.16. The quantitative estimate of drug-likeness (QED) is 0.774. The Bertz CT molecular complexity index is 614. The molecule has 132 valence electrons. The molecule has 0 aliphatic carbocycles. The average Bonchev–Trinajstić information content (AvgIpc) is 2.68. The van der Waals surface area contributed by atoms with Gasteiger partial charge in [0.15, 0.2) is 11.6 Å². The predicted molar refractivity (Wildman–Crippen MR) is 86.3 cm³/mol. The van der Waals surface area contributed by atoms with E-state index in [1.54, 1.807) is 4.90 Å². The molecule has 3 heterocycles. The molecule has 1 aromatic rings. The fraction of sp³-hybridized carbons (Fsp3) is 0.688. The molecule has 0 atom stereocenters. The van der Waals surface area contributed by atoms with Crippen molar-refractivity contribution in [2.45, 2.75) is 57.7 Å². The van der Waals surface area contributed by atoms with Gasteiger partial charge in [-0.2, -0.15) is 0 Å². The fourth-order valence-corrected chi connectivity index (χ4v) is 2.83. The first-order valence-corrected chi connectivity index (χ1v) is 8.15. The number of hydrogen-bond donors (Lipinski definition) is 0. The van der Waals surface area contributed by atoms with Crippen LogP contribution in [0.3, 0.4) is 0 Å². The van der Waals surface area contributed by atoms with Crippen LogP contribution in [0.15, 0.2) is 12.3 Å². The number of pyridine rings is 1.